The monoisotopic (exact) mass is 220 g/mol. The molecule has 0 unspecified atom stereocenters. The first kappa shape index (κ1) is 12.3. The van der Waals surface area contributed by atoms with Crippen LogP contribution in [0.2, 0.25) is 0 Å². The van der Waals surface area contributed by atoms with Gasteiger partial charge < -0.3 is 0 Å². The van der Waals surface area contributed by atoms with E-state index >= 15 is 0 Å². The van der Waals surface area contributed by atoms with Crippen molar-refractivity contribution in [2.45, 2.75) is 5.92 Å². The Balaban J connectivity index is 3.24. The van der Waals surface area contributed by atoms with Crippen molar-refractivity contribution in [1.29, 1.82) is 21.0 Å². The Morgan fingerprint density at radius 1 is 0.706 bits per heavy atom. The van der Waals surface area contributed by atoms with Gasteiger partial charge in [-0.05, 0) is 5.56 Å². The zero-order valence-corrected chi connectivity index (χ0v) is 8.91. The summed E-state index contributed by atoms with van der Waals surface area (Å²) in [5.41, 5.74) is 0.661. The molecule has 0 bridgehead atoms. The number of hydrogen-bond acceptors (Lipinski definition) is 4. The summed E-state index contributed by atoms with van der Waals surface area (Å²) in [6, 6.07) is 16.1. The molecule has 0 aliphatic heterocycles. The fourth-order valence-corrected chi connectivity index (χ4v) is 1.63. The van der Waals surface area contributed by atoms with Crippen LogP contribution in [-0.4, -0.2) is 0 Å². The van der Waals surface area contributed by atoms with Crippen LogP contribution >= 0.6 is 0 Å². The fourth-order valence-electron chi connectivity index (χ4n) is 1.63. The summed E-state index contributed by atoms with van der Waals surface area (Å²) < 4.78 is 0. The lowest BCUT2D eigenvalue weighted by Crippen LogP contribution is -2.17. The SMILES string of the molecule is N#CC(C#N)C(c1ccccc1)C(C#N)C#N. The molecule has 4 heteroatoms. The Labute approximate surface area is 99.6 Å². The number of benzene rings is 1. The molecule has 0 atom stereocenters. The largest absolute Gasteiger partial charge is 0.197 e. The summed E-state index contributed by atoms with van der Waals surface area (Å²) >= 11 is 0. The molecule has 17 heavy (non-hydrogen) atoms. The number of nitriles is 4. The minimum atomic E-state index is -0.998. The Kier molecular flexibility index (Phi) is 4.26. The van der Waals surface area contributed by atoms with Gasteiger partial charge in [0.15, 0.2) is 0 Å². The Morgan fingerprint density at radius 2 is 1.12 bits per heavy atom. The summed E-state index contributed by atoms with van der Waals surface area (Å²) in [4.78, 5) is 0. The van der Waals surface area contributed by atoms with Crippen molar-refractivity contribution in [1.82, 2.24) is 0 Å². The van der Waals surface area contributed by atoms with Gasteiger partial charge in [-0.3, -0.25) is 0 Å². The van der Waals surface area contributed by atoms with E-state index in [1.54, 1.807) is 30.3 Å². The van der Waals surface area contributed by atoms with E-state index in [0.717, 1.165) is 0 Å². The van der Waals surface area contributed by atoms with Crippen LogP contribution in [-0.2, 0) is 0 Å². The van der Waals surface area contributed by atoms with Crippen LogP contribution in [0.15, 0.2) is 30.3 Å². The molecule has 0 fully saturated rings. The molecule has 4 nitrogen and oxygen atoms in total. The van der Waals surface area contributed by atoms with Crippen molar-refractivity contribution in [2.24, 2.45) is 11.8 Å². The quantitative estimate of drug-likeness (QED) is 0.779. The molecule has 0 radical (unpaired) electrons. The lowest BCUT2D eigenvalue weighted by atomic mass is 9.79. The van der Waals surface area contributed by atoms with E-state index in [4.69, 9.17) is 21.0 Å². The fraction of sp³-hybridized carbons (Fsp3) is 0.231. The predicted molar refractivity (Wildman–Crippen MR) is 58.6 cm³/mol. The van der Waals surface area contributed by atoms with Crippen LogP contribution < -0.4 is 0 Å². The van der Waals surface area contributed by atoms with Crippen LogP contribution in [0.5, 0.6) is 0 Å². The zero-order chi connectivity index (χ0) is 12.7. The summed E-state index contributed by atoms with van der Waals surface area (Å²) in [6.45, 7) is 0. The second kappa shape index (κ2) is 5.92. The topological polar surface area (TPSA) is 95.2 Å². The maximum absolute atomic E-state index is 8.91. The standard InChI is InChI=1S/C13H8N4/c14-6-11(7-15)13(12(8-16)9-17)10-4-2-1-3-5-10/h1-5,11-13H. The average Bonchev–Trinajstić information content (AvgIpc) is 2.40. The molecule has 0 aliphatic rings. The Hall–Kier alpha value is -2.82. The molecule has 0 saturated heterocycles. The van der Waals surface area contributed by atoms with Crippen molar-refractivity contribution >= 4 is 0 Å². The number of nitrogens with zero attached hydrogens (tertiary/aromatic N) is 4. The van der Waals surface area contributed by atoms with Crippen molar-refractivity contribution < 1.29 is 0 Å². The van der Waals surface area contributed by atoms with E-state index in [0.29, 0.717) is 5.56 Å². The third-order valence-electron chi connectivity index (χ3n) is 2.46. The minimum absolute atomic E-state index is 0.661. The van der Waals surface area contributed by atoms with Crippen LogP contribution in [0.1, 0.15) is 11.5 Å². The zero-order valence-electron chi connectivity index (χ0n) is 8.91. The van der Waals surface area contributed by atoms with E-state index in [9.17, 15) is 0 Å². The Morgan fingerprint density at radius 3 is 1.47 bits per heavy atom. The van der Waals surface area contributed by atoms with Crippen LogP contribution in [0.3, 0.4) is 0 Å². The third kappa shape index (κ3) is 2.60. The van der Waals surface area contributed by atoms with Crippen molar-refractivity contribution in [3.05, 3.63) is 35.9 Å². The van der Waals surface area contributed by atoms with Gasteiger partial charge in [0.05, 0.1) is 24.3 Å². The maximum Gasteiger partial charge on any atom is 0.142 e. The van der Waals surface area contributed by atoms with Crippen molar-refractivity contribution in [3.63, 3.8) is 0 Å². The Bertz CT molecular complexity index is 476. The molecule has 0 N–H and O–H groups in total. The van der Waals surface area contributed by atoms with Crippen LogP contribution in [0.25, 0.3) is 0 Å². The maximum atomic E-state index is 8.91. The van der Waals surface area contributed by atoms with Gasteiger partial charge >= 0.3 is 0 Å². The van der Waals surface area contributed by atoms with Crippen LogP contribution in [0, 0.1) is 57.2 Å². The summed E-state index contributed by atoms with van der Waals surface area (Å²) in [5, 5.41) is 35.6. The van der Waals surface area contributed by atoms with Crippen molar-refractivity contribution in [2.75, 3.05) is 0 Å². The van der Waals surface area contributed by atoms with Gasteiger partial charge in [-0.25, -0.2) is 0 Å². The highest BCUT2D eigenvalue weighted by molar-refractivity contribution is 5.30. The van der Waals surface area contributed by atoms with Gasteiger partial charge in [-0.2, -0.15) is 21.0 Å². The second-order valence-electron chi connectivity index (χ2n) is 3.41. The van der Waals surface area contributed by atoms with Gasteiger partial charge in [-0.1, -0.05) is 30.3 Å². The third-order valence-corrected chi connectivity index (χ3v) is 2.46. The van der Waals surface area contributed by atoms with E-state index in [1.807, 2.05) is 24.3 Å². The highest BCUT2D eigenvalue weighted by Gasteiger charge is 2.31. The van der Waals surface area contributed by atoms with Crippen LogP contribution in [0.4, 0.5) is 0 Å². The molecule has 0 heterocycles. The average molecular weight is 220 g/mol. The summed E-state index contributed by atoms with van der Waals surface area (Å²) in [6.07, 6.45) is 0. The number of hydrogen-bond donors (Lipinski definition) is 0. The van der Waals surface area contributed by atoms with Gasteiger partial charge in [0.25, 0.3) is 0 Å². The van der Waals surface area contributed by atoms with Crippen molar-refractivity contribution in [3.8, 4) is 24.3 Å². The minimum Gasteiger partial charge on any atom is -0.197 e. The lowest BCUT2D eigenvalue weighted by Gasteiger charge is -2.17. The van der Waals surface area contributed by atoms with E-state index in [1.165, 1.54) is 0 Å². The van der Waals surface area contributed by atoms with E-state index in [2.05, 4.69) is 0 Å². The molecule has 80 valence electrons. The smallest absolute Gasteiger partial charge is 0.142 e. The molecule has 1 rings (SSSR count). The molecule has 1 aromatic rings. The molecular weight excluding hydrogens is 212 g/mol. The molecule has 0 spiro atoms. The predicted octanol–water partition coefficient (Wildman–Crippen LogP) is 2.10. The first-order chi connectivity index (χ1) is 8.28. The normalized spacial score (nSPS) is 9.35. The highest BCUT2D eigenvalue weighted by Crippen LogP contribution is 2.31. The molecule has 0 aliphatic carbocycles. The molecule has 1 aromatic carbocycles. The molecule has 0 amide bonds. The highest BCUT2D eigenvalue weighted by atomic mass is 14.4. The summed E-state index contributed by atoms with van der Waals surface area (Å²) in [7, 11) is 0. The summed E-state index contributed by atoms with van der Waals surface area (Å²) in [5.74, 6) is -2.69. The van der Waals surface area contributed by atoms with Gasteiger partial charge in [0.2, 0.25) is 0 Å². The van der Waals surface area contributed by atoms with E-state index in [-0.39, 0.29) is 0 Å². The number of rotatable bonds is 3. The van der Waals surface area contributed by atoms with Gasteiger partial charge in [-0.15, -0.1) is 0 Å². The van der Waals surface area contributed by atoms with E-state index < -0.39 is 17.8 Å². The van der Waals surface area contributed by atoms with Gasteiger partial charge in [0.1, 0.15) is 11.8 Å². The first-order valence-corrected chi connectivity index (χ1v) is 4.92. The molecule has 0 saturated carbocycles. The molecule has 0 aromatic heterocycles. The lowest BCUT2D eigenvalue weighted by molar-refractivity contribution is 0.548. The van der Waals surface area contributed by atoms with Gasteiger partial charge in [0, 0.05) is 5.92 Å². The molecular formula is C13H8N4. The first-order valence-electron chi connectivity index (χ1n) is 4.92. The second-order valence-corrected chi connectivity index (χ2v) is 3.41.